The Kier molecular flexibility index (Phi) is 6.46. The number of likely N-dealkylation sites (tertiary alicyclic amines) is 1. The molecule has 1 aromatic carbocycles. The zero-order valence-corrected chi connectivity index (χ0v) is 25.2. The number of anilines is 1. The van der Waals surface area contributed by atoms with Gasteiger partial charge in [-0.1, -0.05) is 19.1 Å². The quantitative estimate of drug-likeness (QED) is 0.414. The van der Waals surface area contributed by atoms with Crippen molar-refractivity contribution in [1.29, 1.82) is 0 Å². The molecule has 3 N–H and O–H groups in total. The summed E-state index contributed by atoms with van der Waals surface area (Å²) in [5.41, 5.74) is -3.57. The van der Waals surface area contributed by atoms with Gasteiger partial charge in [0.1, 0.15) is 16.8 Å². The number of likely N-dealkylation sites (N-methyl/N-ethyl adjacent to an activating group) is 1. The maximum Gasteiger partial charge on any atom is 0.340 e. The number of nitrogens with one attached hydrogen (secondary N) is 1. The second kappa shape index (κ2) is 9.46. The lowest BCUT2D eigenvalue weighted by Gasteiger charge is -2.70. The molecule has 6 fully saturated rings. The summed E-state index contributed by atoms with van der Waals surface area (Å²) in [4.78, 5) is 28.3. The van der Waals surface area contributed by atoms with Crippen molar-refractivity contribution in [3.63, 3.8) is 0 Å². The van der Waals surface area contributed by atoms with Crippen LogP contribution in [0.5, 0.6) is 0 Å². The summed E-state index contributed by atoms with van der Waals surface area (Å²) in [5.74, 6) is -1.54. The van der Waals surface area contributed by atoms with Gasteiger partial charge in [0.2, 0.25) is 5.91 Å². The lowest BCUT2D eigenvalue weighted by Crippen LogP contribution is -2.83. The van der Waals surface area contributed by atoms with Gasteiger partial charge in [0.15, 0.2) is 0 Å². The summed E-state index contributed by atoms with van der Waals surface area (Å²) >= 11 is 0. The van der Waals surface area contributed by atoms with Crippen molar-refractivity contribution in [2.24, 2.45) is 29.1 Å². The molecule has 1 spiro atoms. The number of aliphatic hydroxyl groups is 2. The molecule has 5 unspecified atom stereocenters. The number of ether oxygens (including phenoxy) is 4. The van der Waals surface area contributed by atoms with E-state index in [1.807, 2.05) is 0 Å². The Morgan fingerprint density at radius 1 is 1.07 bits per heavy atom. The first-order valence-corrected chi connectivity index (χ1v) is 15.4. The van der Waals surface area contributed by atoms with Crippen LogP contribution >= 0.6 is 0 Å². The lowest BCUT2D eigenvalue weighted by molar-refractivity contribution is -0.337. The molecule has 0 aromatic heterocycles. The summed E-state index contributed by atoms with van der Waals surface area (Å²) in [5, 5.41) is 28.4. The van der Waals surface area contributed by atoms with E-state index in [1.165, 1.54) is 6.92 Å². The summed E-state index contributed by atoms with van der Waals surface area (Å²) in [6.07, 6.45) is 1.91. The van der Waals surface area contributed by atoms with Crippen LogP contribution in [0.1, 0.15) is 56.3 Å². The Bertz CT molecular complexity index is 1290. The Morgan fingerprint density at radius 2 is 1.83 bits per heavy atom. The molecular formula is C32H44N2O8. The van der Waals surface area contributed by atoms with E-state index < -0.39 is 34.3 Å². The zero-order valence-electron chi connectivity index (χ0n) is 25.2. The van der Waals surface area contributed by atoms with Crippen LogP contribution < -0.4 is 5.32 Å². The van der Waals surface area contributed by atoms with Crippen molar-refractivity contribution in [1.82, 2.24) is 4.90 Å². The number of benzene rings is 1. The fourth-order valence-electron chi connectivity index (χ4n) is 11.6. The number of rotatable bonds is 7. The van der Waals surface area contributed by atoms with Gasteiger partial charge in [-0.3, -0.25) is 9.69 Å². The normalized spacial score (nSPS) is 48.2. The highest BCUT2D eigenvalue weighted by Gasteiger charge is 2.89. The van der Waals surface area contributed by atoms with Crippen molar-refractivity contribution in [2.45, 2.75) is 87.1 Å². The van der Waals surface area contributed by atoms with Gasteiger partial charge in [-0.05, 0) is 44.4 Å². The van der Waals surface area contributed by atoms with Crippen LogP contribution in [0.4, 0.5) is 5.69 Å². The Morgan fingerprint density at radius 3 is 2.50 bits per heavy atom. The van der Waals surface area contributed by atoms with Gasteiger partial charge >= 0.3 is 5.97 Å². The molecule has 10 heteroatoms. The number of amides is 1. The van der Waals surface area contributed by atoms with E-state index in [-0.39, 0.29) is 47.8 Å². The van der Waals surface area contributed by atoms with E-state index in [0.29, 0.717) is 56.4 Å². The molecule has 1 saturated heterocycles. The topological polar surface area (TPSA) is 127 Å². The maximum atomic E-state index is 14.0. The highest BCUT2D eigenvalue weighted by Crippen LogP contribution is 2.79. The van der Waals surface area contributed by atoms with E-state index in [0.717, 1.165) is 0 Å². The molecule has 12 atom stereocenters. The zero-order chi connectivity index (χ0) is 29.8. The molecular weight excluding hydrogens is 540 g/mol. The number of nitrogens with zero attached hydrogens (tertiary/aromatic N) is 1. The molecule has 7 bridgehead atoms. The van der Waals surface area contributed by atoms with Gasteiger partial charge < -0.3 is 34.5 Å². The molecule has 5 aliphatic carbocycles. The van der Waals surface area contributed by atoms with Crippen molar-refractivity contribution in [3.8, 4) is 0 Å². The minimum Gasteiger partial charge on any atom is -0.454 e. The number of hydrogen-bond acceptors (Lipinski definition) is 9. The van der Waals surface area contributed by atoms with Gasteiger partial charge in [-0.15, -0.1) is 0 Å². The maximum absolute atomic E-state index is 14.0. The van der Waals surface area contributed by atoms with Crippen molar-refractivity contribution >= 4 is 17.6 Å². The molecule has 42 heavy (non-hydrogen) atoms. The number of para-hydroxylation sites is 1. The Hall–Kier alpha value is -2.08. The molecule has 1 aromatic rings. The Labute approximate surface area is 247 Å². The summed E-state index contributed by atoms with van der Waals surface area (Å²) < 4.78 is 25.1. The first-order chi connectivity index (χ1) is 20.1. The van der Waals surface area contributed by atoms with Gasteiger partial charge in [-0.25, -0.2) is 4.79 Å². The van der Waals surface area contributed by atoms with E-state index in [9.17, 15) is 19.8 Å². The molecule has 1 amide bonds. The van der Waals surface area contributed by atoms with E-state index >= 15 is 0 Å². The molecule has 1 heterocycles. The summed E-state index contributed by atoms with van der Waals surface area (Å²) in [6.45, 7) is 4.79. The second-order valence-corrected chi connectivity index (χ2v) is 13.7. The van der Waals surface area contributed by atoms with Crippen LogP contribution in [0, 0.1) is 29.1 Å². The van der Waals surface area contributed by atoms with Gasteiger partial charge in [0, 0.05) is 76.3 Å². The lowest BCUT2D eigenvalue weighted by atomic mass is 9.44. The van der Waals surface area contributed by atoms with Gasteiger partial charge in [0.25, 0.3) is 0 Å². The number of esters is 1. The standard InChI is InChI=1S/C32H44N2O8/c1-6-34-16-29(42-28(36)18-9-7-8-10-21(18)33-17(2)35)12-11-25(40-4)31-23(29)14-20(26(31)34)30(37)15-22(39-3)19-13-24(31)32(30,38)27(19)41-5/h7-10,19-20,22-27,37-38H,6,11-16H2,1-5H3,(H,33,35)/t19-,20?,22+,23-,24?,25?,26+,27?,29-,30+,31?,32+/m1/s1. The molecule has 1 aliphatic heterocycles. The van der Waals surface area contributed by atoms with E-state index in [4.69, 9.17) is 18.9 Å². The third-order valence-corrected chi connectivity index (χ3v) is 12.6. The number of piperidine rings is 1. The fourth-order valence-corrected chi connectivity index (χ4v) is 11.6. The number of carbonyl (C=O) groups excluding carboxylic acids is 2. The molecule has 7 rings (SSSR count). The van der Waals surface area contributed by atoms with E-state index in [2.05, 4.69) is 17.1 Å². The smallest absolute Gasteiger partial charge is 0.340 e. The van der Waals surface area contributed by atoms with Crippen molar-refractivity contribution in [2.75, 3.05) is 39.7 Å². The second-order valence-electron chi connectivity index (χ2n) is 13.7. The van der Waals surface area contributed by atoms with Gasteiger partial charge in [0.05, 0.1) is 29.6 Å². The first kappa shape index (κ1) is 28.7. The number of carbonyl (C=O) groups is 2. The third-order valence-electron chi connectivity index (χ3n) is 12.6. The number of fused-ring (bicyclic) bond motifs is 2. The Balaban J connectivity index is 1.38. The highest BCUT2D eigenvalue weighted by atomic mass is 16.6. The predicted molar refractivity (Wildman–Crippen MR) is 152 cm³/mol. The van der Waals surface area contributed by atoms with Crippen LogP contribution in [-0.2, 0) is 23.7 Å². The summed E-state index contributed by atoms with van der Waals surface area (Å²) in [6, 6.07) is 6.89. The molecule has 230 valence electrons. The minimum atomic E-state index is -1.48. The van der Waals surface area contributed by atoms with Crippen molar-refractivity contribution in [3.05, 3.63) is 29.8 Å². The molecule has 5 saturated carbocycles. The largest absolute Gasteiger partial charge is 0.454 e. The minimum absolute atomic E-state index is 0.0432. The first-order valence-electron chi connectivity index (χ1n) is 15.4. The molecule has 10 nitrogen and oxygen atoms in total. The average molecular weight is 585 g/mol. The molecule has 6 aliphatic rings. The van der Waals surface area contributed by atoms with Gasteiger partial charge in [-0.2, -0.15) is 0 Å². The van der Waals surface area contributed by atoms with E-state index in [1.54, 1.807) is 45.6 Å². The van der Waals surface area contributed by atoms with Crippen LogP contribution in [-0.4, -0.2) is 103 Å². The average Bonchev–Trinajstić information content (AvgIpc) is 3.39. The number of methoxy groups -OCH3 is 3. The molecule has 0 radical (unpaired) electrons. The SMILES string of the molecule is CCN1C[C@]2(OC(=O)c3ccccc3NC(C)=O)CCC(OC)C34C5C[C@H]6C(OC)[C@]5(O)[C@](O)(C[C@@H]6OC)C(C[C@@H]32)[C@H]14. The highest BCUT2D eigenvalue weighted by molar-refractivity contribution is 6.00. The summed E-state index contributed by atoms with van der Waals surface area (Å²) in [7, 11) is 5.05. The fraction of sp³-hybridized carbons (Fsp3) is 0.750. The van der Waals surface area contributed by atoms with Crippen LogP contribution in [0.3, 0.4) is 0 Å². The third kappa shape index (κ3) is 3.21. The van der Waals surface area contributed by atoms with Crippen LogP contribution in [0.2, 0.25) is 0 Å². The van der Waals surface area contributed by atoms with Crippen molar-refractivity contribution < 1.29 is 38.7 Å². The van der Waals surface area contributed by atoms with Crippen LogP contribution in [0.15, 0.2) is 24.3 Å². The predicted octanol–water partition coefficient (Wildman–Crippen LogP) is 2.22. The van der Waals surface area contributed by atoms with Crippen LogP contribution in [0.25, 0.3) is 0 Å². The monoisotopic (exact) mass is 584 g/mol. The number of hydrogen-bond donors (Lipinski definition) is 3.